The number of hydrogen-bond acceptors (Lipinski definition) is 11. The summed E-state index contributed by atoms with van der Waals surface area (Å²) in [6, 6.07) is 42.4. The monoisotopic (exact) mass is 1060 g/mol. The van der Waals surface area contributed by atoms with Gasteiger partial charge in [-0.25, -0.2) is 0 Å². The van der Waals surface area contributed by atoms with Gasteiger partial charge in [0.25, 0.3) is 16.6 Å². The molecule has 4 aromatic carbocycles. The van der Waals surface area contributed by atoms with Gasteiger partial charge in [0.2, 0.25) is 0 Å². The number of benzene rings is 4. The maximum Gasteiger partial charge on any atom is 0.261 e. The second-order valence-corrected chi connectivity index (χ2v) is 32.7. The topological polar surface area (TPSA) is 131 Å². The van der Waals surface area contributed by atoms with Crippen molar-refractivity contribution in [3.05, 3.63) is 121 Å². The van der Waals surface area contributed by atoms with E-state index in [1.807, 2.05) is 24.3 Å². The molecule has 4 heterocycles. The average molecular weight is 1070 g/mol. The van der Waals surface area contributed by atoms with Crippen molar-refractivity contribution in [1.29, 1.82) is 0 Å². The lowest BCUT2D eigenvalue weighted by Crippen LogP contribution is -2.73. The molecule has 2 unspecified atom stereocenters. The molecule has 0 saturated carbocycles. The van der Waals surface area contributed by atoms with Crippen LogP contribution in [0.25, 0.3) is 0 Å². The van der Waals surface area contributed by atoms with Crippen LogP contribution in [0.1, 0.15) is 114 Å². The number of hydrogen-bond donors (Lipinski definition) is 2. The number of ether oxygens (including phenoxy) is 6. The second-order valence-electron chi connectivity index (χ2n) is 24.2. The number of carbonyl (C=O) groups is 1. The maximum atomic E-state index is 14.7. The van der Waals surface area contributed by atoms with Crippen molar-refractivity contribution in [2.45, 2.75) is 197 Å². The van der Waals surface area contributed by atoms with Crippen molar-refractivity contribution in [3.8, 4) is 0 Å². The number of Topliss-reactive ketones (excluding diaryl/α,β-unsaturated/α-hetero) is 1. The van der Waals surface area contributed by atoms with Gasteiger partial charge in [0, 0.05) is 39.9 Å². The van der Waals surface area contributed by atoms with Crippen molar-refractivity contribution in [3.63, 3.8) is 0 Å². The molecule has 4 aliphatic heterocycles. The number of rotatable bonds is 22. The van der Waals surface area contributed by atoms with Crippen molar-refractivity contribution in [2.75, 3.05) is 20.8 Å². The molecule has 4 aromatic rings. The Balaban J connectivity index is 1.20. The smallest absolute Gasteiger partial charge is 0.261 e. The zero-order chi connectivity index (χ0) is 53.7. The Bertz CT molecular complexity index is 2300. The van der Waals surface area contributed by atoms with Crippen LogP contribution in [0.3, 0.4) is 0 Å². The summed E-state index contributed by atoms with van der Waals surface area (Å²) in [6.45, 7) is 19.9. The highest BCUT2D eigenvalue weighted by Gasteiger charge is 2.64. The van der Waals surface area contributed by atoms with Gasteiger partial charge < -0.3 is 47.5 Å². The molecule has 75 heavy (non-hydrogen) atoms. The summed E-state index contributed by atoms with van der Waals surface area (Å²) in [5.74, 6) is 0.839. The Morgan fingerprint density at radius 3 is 1.55 bits per heavy atom. The van der Waals surface area contributed by atoms with Crippen LogP contribution in [-0.2, 0) is 42.1 Å². The van der Waals surface area contributed by atoms with Crippen LogP contribution in [-0.4, -0.2) is 127 Å². The molecule has 410 valence electrons. The van der Waals surface area contributed by atoms with E-state index in [1.165, 1.54) is 0 Å². The van der Waals surface area contributed by atoms with Crippen LogP contribution in [0, 0.1) is 17.8 Å². The Hall–Kier alpha value is -3.42. The standard InChI is InChI=1S/C62H88O11Si2/c1-12-41(2)35-52-42(3)50(53(69-52)39-55(66-10)67-11)37-43(64)36-45-33-34-51-56(68-45)60(73-75(62(7,8)9,48-29-21-15-22-30-48)49-31-23-16-24-32-49)59-58(70-51)57(54(71-59)38-44(65)40-63)72-74(61(4,5)6,46-25-17-13-18-26-46)47-27-19-14-20-28-47/h13-32,41-42,44-45,50-60,63,65H,12,33-40H2,1-11H3/t41-,42-,44?,45-,50?,51+,52-,53+,54-,56+,57+,58+,59-,60+/m1/s1. The van der Waals surface area contributed by atoms with Crippen LogP contribution in [0.2, 0.25) is 10.1 Å². The van der Waals surface area contributed by atoms with Gasteiger partial charge in [-0.2, -0.15) is 0 Å². The van der Waals surface area contributed by atoms with E-state index in [-0.39, 0.29) is 53.8 Å². The van der Waals surface area contributed by atoms with Gasteiger partial charge in [0.05, 0.1) is 43.2 Å². The Labute approximate surface area is 450 Å². The molecule has 13 heteroatoms. The first kappa shape index (κ1) is 57.8. The summed E-state index contributed by atoms with van der Waals surface area (Å²) < 4.78 is 56.6. The summed E-state index contributed by atoms with van der Waals surface area (Å²) >= 11 is 0. The lowest BCUT2D eigenvalue weighted by molar-refractivity contribution is -0.254. The minimum absolute atomic E-state index is 0.00580. The van der Waals surface area contributed by atoms with Gasteiger partial charge in [0.1, 0.15) is 36.3 Å². The molecule has 4 saturated heterocycles. The molecule has 2 N–H and O–H groups in total. The first-order valence-electron chi connectivity index (χ1n) is 27.9. The summed E-state index contributed by atoms with van der Waals surface area (Å²) in [5.41, 5.74) is 0. The van der Waals surface area contributed by atoms with E-state index in [9.17, 15) is 15.0 Å². The number of ketones is 1. The molecule has 0 aliphatic carbocycles. The summed E-state index contributed by atoms with van der Waals surface area (Å²) in [6.07, 6.45) is -1.89. The van der Waals surface area contributed by atoms with Crippen LogP contribution in [0.15, 0.2) is 121 Å². The molecule has 8 rings (SSSR count). The van der Waals surface area contributed by atoms with Gasteiger partial charge in [-0.05, 0) is 67.8 Å². The predicted octanol–water partition coefficient (Wildman–Crippen LogP) is 8.52. The Kier molecular flexibility index (Phi) is 19.0. The van der Waals surface area contributed by atoms with E-state index in [4.69, 9.17) is 37.3 Å². The normalized spacial score (nSPS) is 29.2. The number of fused-ring (bicyclic) bond motifs is 2. The summed E-state index contributed by atoms with van der Waals surface area (Å²) in [7, 11) is -3.26. The third kappa shape index (κ3) is 12.1. The van der Waals surface area contributed by atoms with Gasteiger partial charge in [-0.15, -0.1) is 0 Å². The lowest BCUT2D eigenvalue weighted by atomic mass is 9.80. The van der Waals surface area contributed by atoms with Crippen LogP contribution in [0.5, 0.6) is 0 Å². The zero-order valence-corrected chi connectivity index (χ0v) is 48.6. The first-order valence-corrected chi connectivity index (χ1v) is 31.8. The number of carbonyl (C=O) groups excluding carboxylic acids is 1. The number of aliphatic hydroxyl groups excluding tert-OH is 2. The summed E-state index contributed by atoms with van der Waals surface area (Å²) in [4.78, 5) is 14.7. The van der Waals surface area contributed by atoms with E-state index in [0.29, 0.717) is 31.6 Å². The molecule has 14 atom stereocenters. The van der Waals surface area contributed by atoms with Gasteiger partial charge in [-0.3, -0.25) is 4.79 Å². The van der Waals surface area contributed by atoms with Gasteiger partial charge in [-0.1, -0.05) is 190 Å². The second kappa shape index (κ2) is 24.7. The van der Waals surface area contributed by atoms with E-state index < -0.39 is 83.4 Å². The van der Waals surface area contributed by atoms with Crippen LogP contribution >= 0.6 is 0 Å². The fourth-order valence-electron chi connectivity index (χ4n) is 13.2. The number of methoxy groups -OCH3 is 2. The Morgan fingerprint density at radius 1 is 0.613 bits per heavy atom. The van der Waals surface area contributed by atoms with E-state index in [1.54, 1.807) is 14.2 Å². The SMILES string of the molecule is CC[C@@H](C)C[C@H]1O[C@@H](CC(OC)OC)C(CC(=O)C[C@H]2CC[C@@H]3O[C@@H]4[C@@H](O[C@H](CC(O)CO)[C@@H]4O[Si](c4ccccc4)(c4ccccc4)C(C)(C)C)[C@@H](O[Si](c4ccccc4)(c4ccccc4)C(C)(C)C)[C@H]3O2)[C@H]1C. The molecule has 4 fully saturated rings. The maximum absolute atomic E-state index is 14.7. The highest BCUT2D eigenvalue weighted by atomic mass is 28.4. The van der Waals surface area contributed by atoms with Crippen LogP contribution < -0.4 is 20.7 Å². The number of aliphatic hydroxyl groups is 2. The average Bonchev–Trinajstić information content (AvgIpc) is 3.89. The van der Waals surface area contributed by atoms with Crippen molar-refractivity contribution >= 4 is 43.2 Å². The van der Waals surface area contributed by atoms with Crippen molar-refractivity contribution in [1.82, 2.24) is 0 Å². The molecular weight excluding hydrogens is 977 g/mol. The lowest BCUT2D eigenvalue weighted by Gasteiger charge is -2.53. The van der Waals surface area contributed by atoms with E-state index >= 15 is 0 Å². The minimum Gasteiger partial charge on any atom is -0.399 e. The molecule has 0 bridgehead atoms. The molecule has 0 aromatic heterocycles. The third-order valence-electron chi connectivity index (χ3n) is 17.3. The molecule has 0 amide bonds. The fourth-order valence-corrected chi connectivity index (χ4v) is 22.6. The van der Waals surface area contributed by atoms with Gasteiger partial charge >= 0.3 is 0 Å². The quantitative estimate of drug-likeness (QED) is 0.0581. The van der Waals surface area contributed by atoms with E-state index in [0.717, 1.165) is 33.6 Å². The zero-order valence-electron chi connectivity index (χ0n) is 46.6. The molecule has 4 aliphatic rings. The van der Waals surface area contributed by atoms with Crippen LogP contribution in [0.4, 0.5) is 0 Å². The third-order valence-corrected chi connectivity index (χ3v) is 27.3. The minimum atomic E-state index is -3.31. The fraction of sp³-hybridized carbons (Fsp3) is 0.597. The highest BCUT2D eigenvalue weighted by Crippen LogP contribution is 2.49. The van der Waals surface area contributed by atoms with Crippen molar-refractivity contribution < 1.29 is 52.3 Å². The molecular formula is C62H88O11Si2. The van der Waals surface area contributed by atoms with Crippen molar-refractivity contribution in [2.24, 2.45) is 17.8 Å². The highest BCUT2D eigenvalue weighted by molar-refractivity contribution is 7.00. The molecule has 11 nitrogen and oxygen atoms in total. The summed E-state index contributed by atoms with van der Waals surface area (Å²) in [5, 5.41) is 25.5. The molecule has 0 radical (unpaired) electrons. The van der Waals surface area contributed by atoms with E-state index in [2.05, 4.69) is 159 Å². The Morgan fingerprint density at radius 2 is 1.09 bits per heavy atom. The first-order chi connectivity index (χ1) is 35.9. The van der Waals surface area contributed by atoms with Gasteiger partial charge in [0.15, 0.2) is 6.29 Å². The largest absolute Gasteiger partial charge is 0.399 e. The molecule has 0 spiro atoms. The predicted molar refractivity (Wildman–Crippen MR) is 300 cm³/mol.